The van der Waals surface area contributed by atoms with E-state index < -0.39 is 8.80 Å². The highest BCUT2D eigenvalue weighted by molar-refractivity contribution is 6.68. The van der Waals surface area contributed by atoms with Gasteiger partial charge in [-0.25, -0.2) is 0 Å². The van der Waals surface area contributed by atoms with Gasteiger partial charge in [0, 0.05) is 19.8 Å². The lowest BCUT2D eigenvalue weighted by atomic mass is 10.1. The third-order valence-electron chi connectivity index (χ3n) is 3.19. The van der Waals surface area contributed by atoms with E-state index in [1.165, 1.54) is 30.9 Å². The van der Waals surface area contributed by atoms with Gasteiger partial charge >= 0.3 is 8.80 Å². The van der Waals surface area contributed by atoms with Crippen LogP contribution < -0.4 is 0 Å². The molecule has 1 rings (SSSR count). The average Bonchev–Trinajstić information content (AvgIpc) is 2.29. The minimum absolute atomic E-state index is 0.656. The maximum atomic E-state index is 5.97. The third-order valence-corrected chi connectivity index (χ3v) is 6.43. The van der Waals surface area contributed by atoms with E-state index in [-0.39, 0.29) is 0 Å². The highest BCUT2D eigenvalue weighted by Gasteiger charge is 2.44. The molecule has 0 spiro atoms. The van der Waals surface area contributed by atoms with Crippen LogP contribution in [0.3, 0.4) is 0 Å². The zero-order chi connectivity index (χ0) is 13.3. The summed E-state index contributed by atoms with van der Waals surface area (Å²) >= 11 is 0. The van der Waals surface area contributed by atoms with Gasteiger partial charge in [-0.3, -0.25) is 0 Å². The summed E-state index contributed by atoms with van der Waals surface area (Å²) in [6.07, 6.45) is 9.70. The lowest BCUT2D eigenvalue weighted by molar-refractivity contribution is 0.0795. The van der Waals surface area contributed by atoms with Crippen LogP contribution >= 0.6 is 0 Å². The summed E-state index contributed by atoms with van der Waals surface area (Å²) in [4.78, 5) is 0. The van der Waals surface area contributed by atoms with Gasteiger partial charge in [0.1, 0.15) is 0 Å². The quantitative estimate of drug-likeness (QED) is 0.659. The Balaban J connectivity index is 2.88. The van der Waals surface area contributed by atoms with E-state index in [0.29, 0.717) is 19.8 Å². The van der Waals surface area contributed by atoms with Crippen molar-refractivity contribution in [1.29, 1.82) is 0 Å². The first kappa shape index (κ1) is 15.9. The van der Waals surface area contributed by atoms with Gasteiger partial charge in [0.2, 0.25) is 0 Å². The monoisotopic (exact) mass is 272 g/mol. The molecule has 0 N–H and O–H groups in total. The Morgan fingerprint density at radius 1 is 0.889 bits per heavy atom. The summed E-state index contributed by atoms with van der Waals surface area (Å²) < 4.78 is 17.9. The Bertz CT molecular complexity index is 236. The van der Waals surface area contributed by atoms with Crippen LogP contribution in [0.15, 0.2) is 11.3 Å². The van der Waals surface area contributed by atoms with E-state index in [2.05, 4.69) is 6.08 Å². The maximum Gasteiger partial charge on any atom is 0.532 e. The fraction of sp³-hybridized carbons (Fsp3) is 0.857. The molecule has 3 nitrogen and oxygen atoms in total. The summed E-state index contributed by atoms with van der Waals surface area (Å²) in [5, 5.41) is 1.31. The summed E-state index contributed by atoms with van der Waals surface area (Å²) in [6.45, 7) is 8.02. The molecule has 0 aliphatic heterocycles. The highest BCUT2D eigenvalue weighted by Crippen LogP contribution is 2.28. The Labute approximate surface area is 113 Å². The zero-order valence-electron chi connectivity index (χ0n) is 12.2. The van der Waals surface area contributed by atoms with Gasteiger partial charge in [0.05, 0.1) is 0 Å². The molecule has 0 aromatic heterocycles. The van der Waals surface area contributed by atoms with Crippen LogP contribution in [0.25, 0.3) is 0 Å². The lowest BCUT2D eigenvalue weighted by Crippen LogP contribution is -2.48. The largest absolute Gasteiger partial charge is 0.532 e. The summed E-state index contributed by atoms with van der Waals surface area (Å²) in [6, 6.07) is 0. The Morgan fingerprint density at radius 2 is 1.44 bits per heavy atom. The van der Waals surface area contributed by atoms with Crippen molar-refractivity contribution in [2.24, 2.45) is 0 Å². The molecule has 0 aromatic rings. The molecule has 0 saturated carbocycles. The van der Waals surface area contributed by atoms with Crippen molar-refractivity contribution in [3.8, 4) is 0 Å². The van der Waals surface area contributed by atoms with E-state index in [1.54, 1.807) is 0 Å². The van der Waals surface area contributed by atoms with Gasteiger partial charge in [0.25, 0.3) is 0 Å². The predicted octanol–water partition coefficient (Wildman–Crippen LogP) is 3.85. The maximum absolute atomic E-state index is 5.97. The van der Waals surface area contributed by atoms with E-state index in [0.717, 1.165) is 12.8 Å². The van der Waals surface area contributed by atoms with Crippen LogP contribution in [-0.4, -0.2) is 28.6 Å². The Kier molecular flexibility index (Phi) is 7.82. The molecule has 0 heterocycles. The summed E-state index contributed by atoms with van der Waals surface area (Å²) in [5.41, 5.74) is 0. The molecule has 1 aliphatic carbocycles. The standard InChI is InChI=1S/C14H28O3Si/c1-4-15-18(16-5-2,17-6-3)14-12-10-8-7-9-11-13-14/h12H,4-11,13H2,1-3H3/b14-12+. The predicted molar refractivity (Wildman–Crippen MR) is 76.4 cm³/mol. The summed E-state index contributed by atoms with van der Waals surface area (Å²) in [7, 11) is -2.59. The van der Waals surface area contributed by atoms with Crippen LogP contribution in [0, 0.1) is 0 Å². The van der Waals surface area contributed by atoms with Crippen molar-refractivity contribution in [2.75, 3.05) is 19.8 Å². The molecule has 0 amide bonds. The molecule has 4 heteroatoms. The van der Waals surface area contributed by atoms with Crippen LogP contribution in [0.5, 0.6) is 0 Å². The number of rotatable bonds is 7. The van der Waals surface area contributed by atoms with Gasteiger partial charge in [-0.1, -0.05) is 18.9 Å². The van der Waals surface area contributed by atoms with Crippen molar-refractivity contribution < 1.29 is 13.3 Å². The second-order valence-electron chi connectivity index (χ2n) is 4.54. The molecule has 0 fully saturated rings. The van der Waals surface area contributed by atoms with Crippen molar-refractivity contribution in [2.45, 2.75) is 59.3 Å². The second-order valence-corrected chi connectivity index (χ2v) is 7.16. The first-order valence-electron chi connectivity index (χ1n) is 7.40. The summed E-state index contributed by atoms with van der Waals surface area (Å²) in [5.74, 6) is 0. The van der Waals surface area contributed by atoms with Crippen molar-refractivity contribution in [1.82, 2.24) is 0 Å². The lowest BCUT2D eigenvalue weighted by Gasteiger charge is -2.31. The molecule has 0 unspecified atom stereocenters. The SMILES string of the molecule is CCO[Si](OCC)(OCC)/C1=C/CCCCCC1. The molecule has 0 bridgehead atoms. The number of hydrogen-bond acceptors (Lipinski definition) is 3. The smallest absolute Gasteiger partial charge is 0.370 e. The molecule has 18 heavy (non-hydrogen) atoms. The normalized spacial score (nSPS) is 20.9. The van der Waals surface area contributed by atoms with Gasteiger partial charge < -0.3 is 13.3 Å². The van der Waals surface area contributed by atoms with Crippen LogP contribution in [0.2, 0.25) is 0 Å². The molecule has 0 atom stereocenters. The Morgan fingerprint density at radius 3 is 2.00 bits per heavy atom. The van der Waals surface area contributed by atoms with Crippen molar-refractivity contribution in [3.63, 3.8) is 0 Å². The van der Waals surface area contributed by atoms with Crippen LogP contribution in [0.4, 0.5) is 0 Å². The fourth-order valence-electron chi connectivity index (χ4n) is 2.44. The van der Waals surface area contributed by atoms with Gasteiger partial charge in [-0.05, 0) is 51.7 Å². The minimum atomic E-state index is -2.59. The molecular formula is C14H28O3Si. The van der Waals surface area contributed by atoms with Crippen molar-refractivity contribution in [3.05, 3.63) is 11.3 Å². The minimum Gasteiger partial charge on any atom is -0.370 e. The van der Waals surface area contributed by atoms with Crippen LogP contribution in [0.1, 0.15) is 59.3 Å². The first-order valence-corrected chi connectivity index (χ1v) is 9.12. The topological polar surface area (TPSA) is 27.7 Å². The third kappa shape index (κ3) is 4.50. The van der Waals surface area contributed by atoms with E-state index in [4.69, 9.17) is 13.3 Å². The molecule has 1 aliphatic rings. The number of allylic oxidation sites excluding steroid dienone is 2. The van der Waals surface area contributed by atoms with E-state index in [9.17, 15) is 0 Å². The average molecular weight is 272 g/mol. The van der Waals surface area contributed by atoms with Crippen molar-refractivity contribution >= 4 is 8.80 Å². The van der Waals surface area contributed by atoms with Crippen LogP contribution in [-0.2, 0) is 13.3 Å². The van der Waals surface area contributed by atoms with Gasteiger partial charge in [-0.15, -0.1) is 0 Å². The first-order chi connectivity index (χ1) is 8.79. The molecule has 0 radical (unpaired) electrons. The van der Waals surface area contributed by atoms with E-state index in [1.807, 2.05) is 20.8 Å². The molecular weight excluding hydrogens is 244 g/mol. The highest BCUT2D eigenvalue weighted by atomic mass is 28.4. The number of hydrogen-bond donors (Lipinski definition) is 0. The Hall–Kier alpha value is -0.163. The van der Waals surface area contributed by atoms with Gasteiger partial charge in [-0.2, -0.15) is 0 Å². The molecule has 0 saturated heterocycles. The zero-order valence-corrected chi connectivity index (χ0v) is 13.2. The molecule has 106 valence electrons. The fourth-order valence-corrected chi connectivity index (χ4v) is 5.27. The van der Waals surface area contributed by atoms with E-state index >= 15 is 0 Å². The second kappa shape index (κ2) is 8.86. The molecule has 0 aromatic carbocycles. The van der Waals surface area contributed by atoms with Gasteiger partial charge in [0.15, 0.2) is 0 Å².